The van der Waals surface area contributed by atoms with Gasteiger partial charge in [0.2, 0.25) is 0 Å². The van der Waals surface area contributed by atoms with Gasteiger partial charge >= 0.3 is 6.09 Å². The molecule has 1 unspecified atom stereocenters. The number of hydrogen-bond acceptors (Lipinski definition) is 5. The van der Waals surface area contributed by atoms with Crippen LogP contribution in [0.15, 0.2) is 24.3 Å². The number of carbonyl (C=O) groups excluding carboxylic acids is 2. The summed E-state index contributed by atoms with van der Waals surface area (Å²) in [6.07, 6.45) is 13.7. The number of benzene rings is 1. The zero-order valence-corrected chi connectivity index (χ0v) is 25.0. The maximum atomic E-state index is 12.8. The van der Waals surface area contributed by atoms with Crippen molar-refractivity contribution < 1.29 is 24.2 Å². The maximum Gasteiger partial charge on any atom is 0.410 e. The lowest BCUT2D eigenvalue weighted by Gasteiger charge is -2.33. The van der Waals surface area contributed by atoms with Crippen LogP contribution in [0.4, 0.5) is 4.79 Å². The molecule has 0 saturated carbocycles. The van der Waals surface area contributed by atoms with Crippen LogP contribution >= 0.6 is 0 Å². The van der Waals surface area contributed by atoms with Crippen LogP contribution in [0.5, 0.6) is 0 Å². The largest absolute Gasteiger partial charge is 0.444 e. The fourth-order valence-corrected chi connectivity index (χ4v) is 4.98. The molecule has 1 aliphatic rings. The molecular formula is C32H54N2O5. The van der Waals surface area contributed by atoms with Gasteiger partial charge in [0, 0.05) is 31.8 Å². The third-order valence-corrected chi connectivity index (χ3v) is 7.31. The van der Waals surface area contributed by atoms with Crippen molar-refractivity contribution in [3.05, 3.63) is 35.4 Å². The molecule has 39 heavy (non-hydrogen) atoms. The van der Waals surface area contributed by atoms with Gasteiger partial charge in [-0.1, -0.05) is 76.8 Å². The number of likely N-dealkylation sites (tertiary alicyclic amines) is 1. The molecule has 2 N–H and O–H groups in total. The molecule has 1 fully saturated rings. The molecule has 1 aromatic rings. The van der Waals surface area contributed by atoms with Gasteiger partial charge in [0.05, 0.1) is 12.7 Å². The molecule has 1 aromatic carbocycles. The summed E-state index contributed by atoms with van der Waals surface area (Å²) >= 11 is 0. The van der Waals surface area contributed by atoms with Gasteiger partial charge in [-0.15, -0.1) is 0 Å². The van der Waals surface area contributed by atoms with Crippen LogP contribution in [0.1, 0.15) is 127 Å². The van der Waals surface area contributed by atoms with Gasteiger partial charge in [0.1, 0.15) is 5.60 Å². The molecule has 2 amide bonds. The van der Waals surface area contributed by atoms with Gasteiger partial charge in [-0.2, -0.15) is 0 Å². The van der Waals surface area contributed by atoms with E-state index in [9.17, 15) is 14.7 Å². The highest BCUT2D eigenvalue weighted by Crippen LogP contribution is 2.29. The number of aliphatic hydroxyl groups is 1. The minimum Gasteiger partial charge on any atom is -0.444 e. The highest BCUT2D eigenvalue weighted by molar-refractivity contribution is 5.94. The molecule has 0 aromatic heterocycles. The second kappa shape index (κ2) is 18.3. The zero-order chi connectivity index (χ0) is 28.5. The predicted molar refractivity (Wildman–Crippen MR) is 157 cm³/mol. The van der Waals surface area contributed by atoms with Crippen molar-refractivity contribution in [1.82, 2.24) is 10.2 Å². The predicted octanol–water partition coefficient (Wildman–Crippen LogP) is 6.83. The number of nitrogens with zero attached hydrogens (tertiary/aromatic N) is 1. The summed E-state index contributed by atoms with van der Waals surface area (Å²) in [4.78, 5) is 26.9. The van der Waals surface area contributed by atoms with Gasteiger partial charge in [-0.25, -0.2) is 4.79 Å². The van der Waals surface area contributed by atoms with Crippen molar-refractivity contribution in [3.63, 3.8) is 0 Å². The second-order valence-corrected chi connectivity index (χ2v) is 11.9. The fraction of sp³-hybridized carbons (Fsp3) is 0.750. The van der Waals surface area contributed by atoms with Gasteiger partial charge in [0.15, 0.2) is 0 Å². The molecule has 0 spiro atoms. The van der Waals surface area contributed by atoms with Gasteiger partial charge in [0.25, 0.3) is 5.91 Å². The van der Waals surface area contributed by atoms with E-state index in [0.29, 0.717) is 31.2 Å². The van der Waals surface area contributed by atoms with Crippen molar-refractivity contribution >= 4 is 12.0 Å². The number of amides is 2. The molecule has 0 aliphatic carbocycles. The summed E-state index contributed by atoms with van der Waals surface area (Å²) in [6.45, 7) is 9.94. The van der Waals surface area contributed by atoms with E-state index < -0.39 is 11.7 Å². The van der Waals surface area contributed by atoms with E-state index in [1.165, 1.54) is 51.4 Å². The highest BCUT2D eigenvalue weighted by atomic mass is 16.6. The fourth-order valence-electron chi connectivity index (χ4n) is 4.98. The lowest BCUT2D eigenvalue weighted by atomic mass is 9.88. The molecule has 1 atom stereocenters. The number of ether oxygens (including phenoxy) is 2. The minimum atomic E-state index is -0.497. The second-order valence-electron chi connectivity index (χ2n) is 11.9. The number of aliphatic hydroxyl groups excluding tert-OH is 1. The third-order valence-electron chi connectivity index (χ3n) is 7.31. The van der Waals surface area contributed by atoms with Crippen LogP contribution in [0.3, 0.4) is 0 Å². The Hall–Kier alpha value is -2.12. The third kappa shape index (κ3) is 13.7. The molecule has 1 heterocycles. The SMILES string of the molecule is CCCCCCCCCCCCOC(CO)CNC(=O)c1cccc(C2CCN(C(=O)OC(C)(C)C)CC2)c1. The Morgan fingerprint density at radius 1 is 1.00 bits per heavy atom. The Morgan fingerprint density at radius 3 is 2.21 bits per heavy atom. The van der Waals surface area contributed by atoms with Crippen LogP contribution in [0.2, 0.25) is 0 Å². The van der Waals surface area contributed by atoms with Crippen LogP contribution in [-0.4, -0.2) is 66.6 Å². The van der Waals surface area contributed by atoms with Crippen LogP contribution in [-0.2, 0) is 9.47 Å². The Morgan fingerprint density at radius 2 is 1.62 bits per heavy atom. The molecule has 0 bridgehead atoms. The normalized spacial score (nSPS) is 15.3. The monoisotopic (exact) mass is 546 g/mol. The summed E-state index contributed by atoms with van der Waals surface area (Å²) < 4.78 is 11.3. The lowest BCUT2D eigenvalue weighted by molar-refractivity contribution is 0.0121. The Bertz CT molecular complexity index is 830. The van der Waals surface area contributed by atoms with Crippen LogP contribution in [0, 0.1) is 0 Å². The first-order valence-electron chi connectivity index (χ1n) is 15.3. The Kier molecular flexibility index (Phi) is 15.5. The van der Waals surface area contributed by atoms with Crippen molar-refractivity contribution in [3.8, 4) is 0 Å². The average Bonchev–Trinajstić information content (AvgIpc) is 2.92. The maximum absolute atomic E-state index is 12.8. The quantitative estimate of drug-likeness (QED) is 0.209. The first-order chi connectivity index (χ1) is 18.7. The number of nitrogens with one attached hydrogen (secondary N) is 1. The molecule has 0 radical (unpaired) electrons. The lowest BCUT2D eigenvalue weighted by Crippen LogP contribution is -2.41. The van der Waals surface area contributed by atoms with Gasteiger partial charge < -0.3 is 24.8 Å². The number of hydrogen-bond donors (Lipinski definition) is 2. The summed E-state index contributed by atoms with van der Waals surface area (Å²) in [6, 6.07) is 7.72. The van der Waals surface area contributed by atoms with E-state index in [4.69, 9.17) is 9.47 Å². The summed E-state index contributed by atoms with van der Waals surface area (Å²) in [5.41, 5.74) is 1.22. The molecule has 7 nitrogen and oxygen atoms in total. The van der Waals surface area contributed by atoms with Crippen molar-refractivity contribution in [2.24, 2.45) is 0 Å². The molecule has 1 saturated heterocycles. The van der Waals surface area contributed by atoms with E-state index in [1.807, 2.05) is 39.0 Å². The number of rotatable bonds is 17. The molecule has 2 rings (SSSR count). The van der Waals surface area contributed by atoms with Crippen LogP contribution in [0.25, 0.3) is 0 Å². The topological polar surface area (TPSA) is 88.1 Å². The van der Waals surface area contributed by atoms with E-state index in [1.54, 1.807) is 4.90 Å². The van der Waals surface area contributed by atoms with Gasteiger partial charge in [-0.3, -0.25) is 4.79 Å². The van der Waals surface area contributed by atoms with E-state index in [-0.39, 0.29) is 25.2 Å². The van der Waals surface area contributed by atoms with Crippen molar-refractivity contribution in [2.75, 3.05) is 32.8 Å². The summed E-state index contributed by atoms with van der Waals surface area (Å²) in [5, 5.41) is 12.6. The number of unbranched alkanes of at least 4 members (excludes halogenated alkanes) is 9. The van der Waals surface area contributed by atoms with Crippen LogP contribution < -0.4 is 5.32 Å². The molecule has 222 valence electrons. The summed E-state index contributed by atoms with van der Waals surface area (Å²) in [5.74, 6) is 0.134. The van der Waals surface area contributed by atoms with E-state index >= 15 is 0 Å². The molecular weight excluding hydrogens is 492 g/mol. The number of piperidine rings is 1. The van der Waals surface area contributed by atoms with E-state index in [0.717, 1.165) is 31.2 Å². The van der Waals surface area contributed by atoms with Crippen molar-refractivity contribution in [2.45, 2.75) is 122 Å². The standard InChI is InChI=1S/C32H54N2O5/c1-5-6-7-8-9-10-11-12-13-14-22-38-29(25-35)24-33-30(36)28-17-15-16-27(23-28)26-18-20-34(21-19-26)31(37)39-32(2,3)4/h15-17,23,26,29,35H,5-14,18-22,24-25H2,1-4H3,(H,33,36). The smallest absolute Gasteiger partial charge is 0.410 e. The average molecular weight is 547 g/mol. The van der Waals surface area contributed by atoms with E-state index in [2.05, 4.69) is 18.3 Å². The molecule has 7 heteroatoms. The first kappa shape index (κ1) is 33.1. The number of carbonyl (C=O) groups is 2. The van der Waals surface area contributed by atoms with Gasteiger partial charge in [-0.05, 0) is 63.6 Å². The molecule has 1 aliphatic heterocycles. The highest BCUT2D eigenvalue weighted by Gasteiger charge is 2.27. The first-order valence-corrected chi connectivity index (χ1v) is 15.3. The Balaban J connectivity index is 1.66. The zero-order valence-electron chi connectivity index (χ0n) is 25.0. The summed E-state index contributed by atoms with van der Waals surface area (Å²) in [7, 11) is 0. The van der Waals surface area contributed by atoms with Crippen molar-refractivity contribution in [1.29, 1.82) is 0 Å². The minimum absolute atomic E-state index is 0.117. The Labute approximate surface area is 237 Å².